The van der Waals surface area contributed by atoms with Crippen molar-refractivity contribution in [2.75, 3.05) is 21.3 Å². The predicted molar refractivity (Wildman–Crippen MR) is 100.0 cm³/mol. The number of benzene rings is 1. The fraction of sp³-hybridized carbons (Fsp3) is 0.158. The lowest BCUT2D eigenvalue weighted by atomic mass is 10.2. The number of primary amides is 1. The Balaban J connectivity index is 2.13. The van der Waals surface area contributed by atoms with Crippen molar-refractivity contribution in [1.82, 2.24) is 15.0 Å². The highest BCUT2D eigenvalue weighted by Crippen LogP contribution is 2.38. The van der Waals surface area contributed by atoms with Crippen LogP contribution in [0, 0.1) is 0 Å². The smallest absolute Gasteiger partial charge is 0.271 e. The molecule has 3 rings (SSSR count). The number of rotatable bonds is 7. The van der Waals surface area contributed by atoms with Gasteiger partial charge in [0.05, 0.1) is 21.3 Å². The van der Waals surface area contributed by atoms with E-state index in [2.05, 4.69) is 15.0 Å². The molecule has 9 heteroatoms. The average molecular weight is 382 g/mol. The third-order valence-electron chi connectivity index (χ3n) is 3.74. The molecular formula is C19H18N4O5. The summed E-state index contributed by atoms with van der Waals surface area (Å²) < 4.78 is 21.5. The minimum absolute atomic E-state index is 0.00993. The van der Waals surface area contributed by atoms with E-state index in [4.69, 9.17) is 24.7 Å². The summed E-state index contributed by atoms with van der Waals surface area (Å²) in [5.41, 5.74) is 5.96. The molecule has 144 valence electrons. The number of methoxy groups -OCH3 is 3. The maximum Gasteiger partial charge on any atom is 0.271 e. The fourth-order valence-electron chi connectivity index (χ4n) is 2.43. The van der Waals surface area contributed by atoms with Crippen LogP contribution < -0.4 is 24.7 Å². The molecule has 9 nitrogen and oxygen atoms in total. The van der Waals surface area contributed by atoms with Gasteiger partial charge in [-0.15, -0.1) is 0 Å². The van der Waals surface area contributed by atoms with Crippen LogP contribution in [0.3, 0.4) is 0 Å². The summed E-state index contributed by atoms with van der Waals surface area (Å²) in [7, 11) is 4.40. The number of ether oxygens (including phenoxy) is 4. The van der Waals surface area contributed by atoms with Gasteiger partial charge in [-0.05, 0) is 18.2 Å². The summed E-state index contributed by atoms with van der Waals surface area (Å²) in [6.45, 7) is 0. The normalized spacial score (nSPS) is 10.2. The van der Waals surface area contributed by atoms with Gasteiger partial charge in [-0.2, -0.15) is 4.98 Å². The second kappa shape index (κ2) is 8.21. The molecule has 0 bridgehead atoms. The van der Waals surface area contributed by atoms with E-state index < -0.39 is 5.91 Å². The lowest BCUT2D eigenvalue weighted by Gasteiger charge is -2.15. The number of nitrogens with two attached hydrogens (primary N) is 1. The molecule has 0 saturated heterocycles. The van der Waals surface area contributed by atoms with Gasteiger partial charge in [0.2, 0.25) is 11.6 Å². The number of nitrogens with zero attached hydrogens (tertiary/aromatic N) is 3. The topological polar surface area (TPSA) is 119 Å². The molecular weight excluding hydrogens is 364 g/mol. The molecule has 0 atom stereocenters. The standard InChI is InChI=1S/C19H18N4O5/c1-25-12-6-4-5-7-13(12)28-16-15(17(20)24)22-18(23-19(16)27-3)11-8-9-21-14(10-11)26-2/h4-10H,1-3H3,(H2,20,24). The molecule has 0 saturated carbocycles. The predicted octanol–water partition coefficient (Wildman–Crippen LogP) is 2.46. The average Bonchev–Trinajstić information content (AvgIpc) is 2.74. The largest absolute Gasteiger partial charge is 0.493 e. The van der Waals surface area contributed by atoms with E-state index in [-0.39, 0.29) is 23.1 Å². The number of hydrogen-bond acceptors (Lipinski definition) is 8. The molecule has 2 heterocycles. The van der Waals surface area contributed by atoms with Gasteiger partial charge < -0.3 is 24.7 Å². The molecule has 28 heavy (non-hydrogen) atoms. The van der Waals surface area contributed by atoms with Crippen LogP contribution in [0.5, 0.6) is 29.0 Å². The molecule has 0 unspecified atom stereocenters. The molecule has 0 aliphatic carbocycles. The maximum atomic E-state index is 12.1. The first-order chi connectivity index (χ1) is 13.6. The minimum atomic E-state index is -0.798. The summed E-state index contributed by atoms with van der Waals surface area (Å²) in [4.78, 5) is 24.7. The number of aromatic nitrogens is 3. The number of amides is 1. The number of para-hydroxylation sites is 2. The van der Waals surface area contributed by atoms with Crippen molar-refractivity contribution in [2.45, 2.75) is 0 Å². The van der Waals surface area contributed by atoms with Crippen LogP contribution in [-0.4, -0.2) is 42.2 Å². The number of pyridine rings is 1. The van der Waals surface area contributed by atoms with Crippen molar-refractivity contribution in [3.05, 3.63) is 48.3 Å². The Labute approximate surface area is 161 Å². The van der Waals surface area contributed by atoms with Gasteiger partial charge in [-0.3, -0.25) is 4.79 Å². The Morgan fingerprint density at radius 1 is 0.964 bits per heavy atom. The van der Waals surface area contributed by atoms with Crippen molar-refractivity contribution in [1.29, 1.82) is 0 Å². The summed E-state index contributed by atoms with van der Waals surface area (Å²) in [5, 5.41) is 0. The molecule has 2 aromatic heterocycles. The van der Waals surface area contributed by atoms with E-state index in [9.17, 15) is 4.79 Å². The molecule has 2 N–H and O–H groups in total. The first-order valence-electron chi connectivity index (χ1n) is 8.14. The molecule has 0 spiro atoms. The van der Waals surface area contributed by atoms with Gasteiger partial charge in [0, 0.05) is 17.8 Å². The third-order valence-corrected chi connectivity index (χ3v) is 3.74. The monoisotopic (exact) mass is 382 g/mol. The Morgan fingerprint density at radius 3 is 2.36 bits per heavy atom. The molecule has 1 amide bonds. The molecule has 3 aromatic rings. The van der Waals surface area contributed by atoms with Crippen molar-refractivity contribution in [2.24, 2.45) is 5.73 Å². The van der Waals surface area contributed by atoms with E-state index in [1.54, 1.807) is 36.4 Å². The molecule has 0 fully saturated rings. The van der Waals surface area contributed by atoms with Gasteiger partial charge in [0.1, 0.15) is 0 Å². The van der Waals surface area contributed by atoms with Gasteiger partial charge in [-0.25, -0.2) is 9.97 Å². The van der Waals surface area contributed by atoms with Crippen LogP contribution in [0.15, 0.2) is 42.6 Å². The zero-order valence-electron chi connectivity index (χ0n) is 15.5. The molecule has 0 aliphatic rings. The van der Waals surface area contributed by atoms with Crippen LogP contribution in [-0.2, 0) is 0 Å². The maximum absolute atomic E-state index is 12.1. The van der Waals surface area contributed by atoms with Crippen LogP contribution in [0.2, 0.25) is 0 Å². The van der Waals surface area contributed by atoms with E-state index in [1.807, 2.05) is 0 Å². The van der Waals surface area contributed by atoms with Gasteiger partial charge in [0.15, 0.2) is 23.0 Å². The van der Waals surface area contributed by atoms with E-state index in [0.29, 0.717) is 22.9 Å². The van der Waals surface area contributed by atoms with Crippen LogP contribution >= 0.6 is 0 Å². The minimum Gasteiger partial charge on any atom is -0.493 e. The molecule has 1 aromatic carbocycles. The number of hydrogen-bond donors (Lipinski definition) is 1. The number of carbonyl (C=O) groups excluding carboxylic acids is 1. The Bertz CT molecular complexity index is 1010. The Hall–Kier alpha value is -3.88. The van der Waals surface area contributed by atoms with Crippen LogP contribution in [0.25, 0.3) is 11.4 Å². The Kier molecular flexibility index (Phi) is 5.54. The van der Waals surface area contributed by atoms with Gasteiger partial charge >= 0.3 is 0 Å². The summed E-state index contributed by atoms with van der Waals surface area (Å²) in [5.74, 6) is 0.627. The van der Waals surface area contributed by atoms with Crippen molar-refractivity contribution in [3.8, 4) is 40.4 Å². The van der Waals surface area contributed by atoms with Gasteiger partial charge in [0.25, 0.3) is 11.8 Å². The summed E-state index contributed by atoms with van der Waals surface area (Å²) in [6, 6.07) is 10.2. The van der Waals surface area contributed by atoms with E-state index >= 15 is 0 Å². The van der Waals surface area contributed by atoms with Crippen LogP contribution in [0.1, 0.15) is 10.5 Å². The second-order valence-electron chi connectivity index (χ2n) is 5.44. The molecule has 0 aliphatic heterocycles. The highest BCUT2D eigenvalue weighted by molar-refractivity contribution is 5.95. The third kappa shape index (κ3) is 3.78. The van der Waals surface area contributed by atoms with E-state index in [0.717, 1.165) is 0 Å². The molecule has 0 radical (unpaired) electrons. The second-order valence-corrected chi connectivity index (χ2v) is 5.44. The lowest BCUT2D eigenvalue weighted by Crippen LogP contribution is -2.16. The Morgan fingerprint density at radius 2 is 1.71 bits per heavy atom. The van der Waals surface area contributed by atoms with Crippen molar-refractivity contribution in [3.63, 3.8) is 0 Å². The zero-order valence-corrected chi connectivity index (χ0v) is 15.5. The summed E-state index contributed by atoms with van der Waals surface area (Å²) >= 11 is 0. The highest BCUT2D eigenvalue weighted by Gasteiger charge is 2.23. The quantitative estimate of drug-likeness (QED) is 0.662. The van der Waals surface area contributed by atoms with Crippen molar-refractivity contribution < 1.29 is 23.7 Å². The van der Waals surface area contributed by atoms with E-state index in [1.165, 1.54) is 27.5 Å². The number of carbonyl (C=O) groups is 1. The van der Waals surface area contributed by atoms with Crippen molar-refractivity contribution >= 4 is 5.91 Å². The SMILES string of the molecule is COc1cc(-c2nc(OC)c(Oc3ccccc3OC)c(C(N)=O)n2)ccn1. The summed E-state index contributed by atoms with van der Waals surface area (Å²) in [6.07, 6.45) is 1.53. The first kappa shape index (κ1) is 18.9. The first-order valence-corrected chi connectivity index (χ1v) is 8.14. The lowest BCUT2D eigenvalue weighted by molar-refractivity contribution is 0.0992. The van der Waals surface area contributed by atoms with Gasteiger partial charge in [-0.1, -0.05) is 12.1 Å². The highest BCUT2D eigenvalue weighted by atomic mass is 16.5. The fourth-order valence-corrected chi connectivity index (χ4v) is 2.43. The zero-order chi connectivity index (χ0) is 20.1. The van der Waals surface area contributed by atoms with Crippen LogP contribution in [0.4, 0.5) is 0 Å².